The van der Waals surface area contributed by atoms with Crippen molar-refractivity contribution in [3.05, 3.63) is 63.3 Å². The lowest BCUT2D eigenvalue weighted by atomic mass is 9.88. The van der Waals surface area contributed by atoms with Gasteiger partial charge in [0.2, 0.25) is 5.91 Å². The zero-order chi connectivity index (χ0) is 21.4. The summed E-state index contributed by atoms with van der Waals surface area (Å²) in [4.78, 5) is 25.7. The lowest BCUT2D eigenvalue weighted by Crippen LogP contribution is -2.22. The monoisotopic (exact) mass is 423 g/mol. The summed E-state index contributed by atoms with van der Waals surface area (Å²) >= 11 is 1.20. The van der Waals surface area contributed by atoms with Gasteiger partial charge in [0.05, 0.1) is 19.9 Å². The number of amides is 1. The summed E-state index contributed by atoms with van der Waals surface area (Å²) < 4.78 is 10.8. The van der Waals surface area contributed by atoms with Crippen molar-refractivity contribution in [3.63, 3.8) is 0 Å². The van der Waals surface area contributed by atoms with E-state index in [4.69, 9.17) is 9.47 Å². The fraction of sp³-hybridized carbons (Fsp3) is 0.217. The maximum Gasteiger partial charge on any atom is 0.346 e. The second-order valence-electron chi connectivity index (χ2n) is 7.13. The largest absolute Gasteiger partial charge is 0.497 e. The molecule has 0 fully saturated rings. The van der Waals surface area contributed by atoms with Crippen LogP contribution in [0.15, 0.2) is 42.5 Å². The quantitative estimate of drug-likeness (QED) is 0.609. The van der Waals surface area contributed by atoms with E-state index in [1.165, 1.54) is 11.3 Å². The predicted molar refractivity (Wildman–Crippen MR) is 116 cm³/mol. The van der Waals surface area contributed by atoms with Crippen molar-refractivity contribution >= 4 is 28.9 Å². The lowest BCUT2D eigenvalue weighted by molar-refractivity contribution is -0.116. The van der Waals surface area contributed by atoms with Crippen LogP contribution < -0.4 is 14.8 Å². The number of carboxylic acids is 1. The number of hydrogen-bond acceptors (Lipinski definition) is 5. The first-order chi connectivity index (χ1) is 14.4. The highest BCUT2D eigenvalue weighted by Crippen LogP contribution is 2.51. The Hall–Kier alpha value is -3.32. The number of anilines is 1. The molecule has 0 saturated carbocycles. The van der Waals surface area contributed by atoms with Crippen LogP contribution in [0.25, 0.3) is 11.1 Å². The minimum Gasteiger partial charge on any atom is -0.497 e. The molecule has 2 heterocycles. The van der Waals surface area contributed by atoms with E-state index in [0.29, 0.717) is 22.7 Å². The number of rotatable bonds is 5. The molecule has 30 heavy (non-hydrogen) atoms. The molecule has 6 nitrogen and oxygen atoms in total. The molecule has 0 spiro atoms. The molecule has 7 heteroatoms. The van der Waals surface area contributed by atoms with Gasteiger partial charge in [-0.25, -0.2) is 4.79 Å². The summed E-state index contributed by atoms with van der Waals surface area (Å²) in [5.74, 6) is -0.235. The number of hydrogen-bond donors (Lipinski definition) is 2. The van der Waals surface area contributed by atoms with Crippen molar-refractivity contribution in [1.82, 2.24) is 0 Å². The van der Waals surface area contributed by atoms with E-state index in [1.54, 1.807) is 20.3 Å². The van der Waals surface area contributed by atoms with Gasteiger partial charge in [0.25, 0.3) is 0 Å². The number of ether oxygens (including phenoxy) is 2. The van der Waals surface area contributed by atoms with Gasteiger partial charge in [-0.1, -0.05) is 35.9 Å². The van der Waals surface area contributed by atoms with Gasteiger partial charge in [-0.3, -0.25) is 4.79 Å². The number of fused-ring (bicyclic) bond motifs is 1. The van der Waals surface area contributed by atoms with Crippen LogP contribution in [0.5, 0.6) is 11.5 Å². The van der Waals surface area contributed by atoms with Gasteiger partial charge >= 0.3 is 5.97 Å². The molecular weight excluding hydrogens is 402 g/mol. The van der Waals surface area contributed by atoms with Crippen molar-refractivity contribution in [1.29, 1.82) is 0 Å². The lowest BCUT2D eigenvalue weighted by Gasteiger charge is -2.25. The second kappa shape index (κ2) is 7.84. The Bertz CT molecular complexity index is 1130. The Labute approximate surface area is 178 Å². The minimum absolute atomic E-state index is 0.159. The van der Waals surface area contributed by atoms with Crippen LogP contribution in [0.1, 0.15) is 38.0 Å². The SMILES string of the molecule is COc1ccc(C2CC(=O)Nc3c2sc(C(=O)O)c3-c2ccc(C)cc2)c(OC)c1. The Morgan fingerprint density at radius 2 is 1.87 bits per heavy atom. The van der Waals surface area contributed by atoms with Crippen molar-refractivity contribution in [2.24, 2.45) is 0 Å². The number of carboxylic acid groups (broad SMARTS) is 1. The highest BCUT2D eigenvalue weighted by atomic mass is 32.1. The summed E-state index contributed by atoms with van der Waals surface area (Å²) in [6.45, 7) is 1.97. The van der Waals surface area contributed by atoms with Crippen molar-refractivity contribution < 1.29 is 24.2 Å². The Balaban J connectivity index is 1.93. The summed E-state index contributed by atoms with van der Waals surface area (Å²) in [5.41, 5.74) is 3.78. The average Bonchev–Trinajstić information content (AvgIpc) is 3.13. The number of aryl methyl sites for hydroxylation is 1. The molecule has 0 radical (unpaired) electrons. The molecule has 0 bridgehead atoms. The average molecular weight is 423 g/mol. The standard InChI is InChI=1S/C23H21NO5S/c1-12-4-6-13(7-5-12)19-20-21(30-22(19)23(26)27)16(11-18(25)24-20)15-9-8-14(28-2)10-17(15)29-3/h4-10,16H,11H2,1-3H3,(H,24,25)(H,26,27). The molecule has 1 aliphatic heterocycles. The maximum atomic E-state index is 12.6. The summed E-state index contributed by atoms with van der Waals surface area (Å²) in [5, 5.41) is 12.8. The first kappa shape index (κ1) is 20.0. The van der Waals surface area contributed by atoms with Crippen molar-refractivity contribution in [2.75, 3.05) is 19.5 Å². The zero-order valence-electron chi connectivity index (χ0n) is 16.8. The molecule has 2 N–H and O–H groups in total. The van der Waals surface area contributed by atoms with Crippen molar-refractivity contribution in [2.45, 2.75) is 19.3 Å². The number of aromatic carboxylic acids is 1. The minimum atomic E-state index is -1.01. The fourth-order valence-corrected chi connectivity index (χ4v) is 5.03. The molecule has 0 aliphatic carbocycles. The molecule has 154 valence electrons. The molecule has 1 unspecified atom stereocenters. The topological polar surface area (TPSA) is 84.9 Å². The number of methoxy groups -OCH3 is 2. The zero-order valence-corrected chi connectivity index (χ0v) is 17.6. The van der Waals surface area contributed by atoms with Crippen LogP contribution >= 0.6 is 11.3 Å². The van der Waals surface area contributed by atoms with Crippen molar-refractivity contribution in [3.8, 4) is 22.6 Å². The van der Waals surface area contributed by atoms with Gasteiger partial charge in [-0.15, -0.1) is 11.3 Å². The van der Waals surface area contributed by atoms with E-state index in [2.05, 4.69) is 5.32 Å². The Kier molecular flexibility index (Phi) is 5.22. The summed E-state index contributed by atoms with van der Waals surface area (Å²) in [6.07, 6.45) is 0.211. The van der Waals surface area contributed by atoms with E-state index >= 15 is 0 Å². The highest BCUT2D eigenvalue weighted by molar-refractivity contribution is 7.15. The molecule has 1 amide bonds. The molecule has 2 aromatic carbocycles. The van der Waals surface area contributed by atoms with Crippen LogP contribution in [0.4, 0.5) is 5.69 Å². The first-order valence-corrected chi connectivity index (χ1v) is 10.2. The maximum absolute atomic E-state index is 12.6. The number of benzene rings is 2. The Morgan fingerprint density at radius 3 is 2.50 bits per heavy atom. The summed E-state index contributed by atoms with van der Waals surface area (Å²) in [7, 11) is 3.14. The van der Waals surface area contributed by atoms with Gasteiger partial charge in [0.1, 0.15) is 16.4 Å². The third kappa shape index (κ3) is 3.41. The van der Waals surface area contributed by atoms with Gasteiger partial charge in [-0.05, 0) is 18.6 Å². The number of thiophene rings is 1. The molecule has 1 atom stereocenters. The number of nitrogens with one attached hydrogen (secondary N) is 1. The normalized spacial score (nSPS) is 15.3. The van der Waals surface area contributed by atoms with Crippen LogP contribution in [0.3, 0.4) is 0 Å². The van der Waals surface area contributed by atoms with Crippen LogP contribution in [-0.2, 0) is 4.79 Å². The van der Waals surface area contributed by atoms with Crippen LogP contribution in [-0.4, -0.2) is 31.2 Å². The van der Waals surface area contributed by atoms with Gasteiger partial charge in [0, 0.05) is 34.4 Å². The molecule has 3 aromatic rings. The second-order valence-corrected chi connectivity index (χ2v) is 8.18. The highest BCUT2D eigenvalue weighted by Gasteiger charge is 2.35. The van der Waals surface area contributed by atoms with E-state index < -0.39 is 5.97 Å². The molecular formula is C23H21NO5S. The smallest absolute Gasteiger partial charge is 0.346 e. The van der Waals surface area contributed by atoms with Gasteiger partial charge in [0.15, 0.2) is 0 Å². The van der Waals surface area contributed by atoms with Crippen LogP contribution in [0, 0.1) is 6.92 Å². The predicted octanol–water partition coefficient (Wildman–Crippen LogP) is 4.91. The molecule has 0 saturated heterocycles. The first-order valence-electron chi connectivity index (χ1n) is 9.41. The van der Waals surface area contributed by atoms with E-state index in [0.717, 1.165) is 21.6 Å². The van der Waals surface area contributed by atoms with Gasteiger partial charge in [-0.2, -0.15) is 0 Å². The third-order valence-corrected chi connectivity index (χ3v) is 6.55. The number of carbonyl (C=O) groups excluding carboxylic acids is 1. The number of carbonyl (C=O) groups is 2. The van der Waals surface area contributed by atoms with E-state index in [1.807, 2.05) is 43.3 Å². The van der Waals surface area contributed by atoms with E-state index in [9.17, 15) is 14.7 Å². The van der Waals surface area contributed by atoms with Gasteiger partial charge < -0.3 is 19.9 Å². The Morgan fingerprint density at radius 1 is 1.13 bits per heavy atom. The third-order valence-electron chi connectivity index (χ3n) is 5.26. The summed E-state index contributed by atoms with van der Waals surface area (Å²) in [6, 6.07) is 13.1. The van der Waals surface area contributed by atoms with E-state index in [-0.39, 0.29) is 23.1 Å². The fourth-order valence-electron chi connectivity index (χ4n) is 3.79. The molecule has 1 aromatic heterocycles. The van der Waals surface area contributed by atoms with Crippen LogP contribution in [0.2, 0.25) is 0 Å². The molecule has 1 aliphatic rings. The molecule has 4 rings (SSSR count).